The molecule has 2 aromatic rings. The Morgan fingerprint density at radius 2 is 2.21 bits per heavy atom. The summed E-state index contributed by atoms with van der Waals surface area (Å²) in [5.41, 5.74) is 6.70. The molecule has 0 amide bonds. The van der Waals surface area contributed by atoms with Gasteiger partial charge in [0.05, 0.1) is 16.6 Å². The minimum Gasteiger partial charge on any atom is -0.478 e. The molecule has 14 heavy (non-hydrogen) atoms. The predicted octanol–water partition coefficient (Wildman–Crippen LogP) is 0.0305. The van der Waals surface area contributed by atoms with Gasteiger partial charge in [-0.1, -0.05) is 0 Å². The molecule has 72 valence electrons. The lowest BCUT2D eigenvalue weighted by molar-refractivity contribution is 0.0697. The SMILES string of the molecule is Nc1nc2ccc(C(=O)O)cc2n1N. The Balaban J connectivity index is 2.76. The summed E-state index contributed by atoms with van der Waals surface area (Å²) >= 11 is 0. The van der Waals surface area contributed by atoms with Gasteiger partial charge < -0.3 is 16.7 Å². The summed E-state index contributed by atoms with van der Waals surface area (Å²) in [4.78, 5) is 14.6. The number of nitrogen functional groups attached to an aromatic ring is 2. The monoisotopic (exact) mass is 192 g/mol. The smallest absolute Gasteiger partial charge is 0.335 e. The third kappa shape index (κ3) is 1.05. The molecule has 0 atom stereocenters. The molecule has 0 radical (unpaired) electrons. The van der Waals surface area contributed by atoms with Crippen molar-refractivity contribution in [2.45, 2.75) is 0 Å². The lowest BCUT2D eigenvalue weighted by Gasteiger charge is -1.97. The number of hydrogen-bond donors (Lipinski definition) is 3. The van der Waals surface area contributed by atoms with E-state index in [2.05, 4.69) is 4.98 Å². The van der Waals surface area contributed by atoms with E-state index in [4.69, 9.17) is 16.7 Å². The van der Waals surface area contributed by atoms with E-state index in [0.717, 1.165) is 4.68 Å². The van der Waals surface area contributed by atoms with Gasteiger partial charge in [0.1, 0.15) is 0 Å². The van der Waals surface area contributed by atoms with E-state index < -0.39 is 5.97 Å². The molecular weight excluding hydrogens is 184 g/mol. The molecule has 0 saturated heterocycles. The number of nitrogens with zero attached hydrogens (tertiary/aromatic N) is 2. The zero-order valence-corrected chi connectivity index (χ0v) is 7.14. The minimum absolute atomic E-state index is 0.155. The Bertz CT molecular complexity index is 517. The van der Waals surface area contributed by atoms with Crippen LogP contribution >= 0.6 is 0 Å². The quantitative estimate of drug-likeness (QED) is 0.552. The number of nitrogens with two attached hydrogens (primary N) is 2. The van der Waals surface area contributed by atoms with Crippen molar-refractivity contribution < 1.29 is 9.90 Å². The zero-order chi connectivity index (χ0) is 10.3. The molecule has 2 rings (SSSR count). The second kappa shape index (κ2) is 2.63. The first-order chi connectivity index (χ1) is 6.59. The van der Waals surface area contributed by atoms with Crippen LogP contribution < -0.4 is 11.6 Å². The van der Waals surface area contributed by atoms with Gasteiger partial charge in [0.15, 0.2) is 0 Å². The molecule has 6 nitrogen and oxygen atoms in total. The molecule has 0 aliphatic rings. The van der Waals surface area contributed by atoms with E-state index in [9.17, 15) is 4.79 Å². The van der Waals surface area contributed by atoms with Gasteiger partial charge in [0, 0.05) is 0 Å². The highest BCUT2D eigenvalue weighted by atomic mass is 16.4. The van der Waals surface area contributed by atoms with Crippen LogP contribution in [0.2, 0.25) is 0 Å². The van der Waals surface area contributed by atoms with Crippen molar-refractivity contribution in [3.8, 4) is 0 Å². The lowest BCUT2D eigenvalue weighted by Crippen LogP contribution is -2.11. The van der Waals surface area contributed by atoms with Gasteiger partial charge in [-0.3, -0.25) is 0 Å². The summed E-state index contributed by atoms with van der Waals surface area (Å²) in [6, 6.07) is 4.46. The first kappa shape index (κ1) is 8.36. The summed E-state index contributed by atoms with van der Waals surface area (Å²) in [5, 5.41) is 8.74. The summed E-state index contributed by atoms with van der Waals surface area (Å²) in [6.45, 7) is 0. The van der Waals surface area contributed by atoms with E-state index in [-0.39, 0.29) is 11.5 Å². The predicted molar refractivity (Wildman–Crippen MR) is 51.3 cm³/mol. The van der Waals surface area contributed by atoms with Crippen LogP contribution in [-0.4, -0.2) is 20.7 Å². The van der Waals surface area contributed by atoms with Crippen molar-refractivity contribution in [2.24, 2.45) is 0 Å². The Morgan fingerprint density at radius 3 is 2.86 bits per heavy atom. The summed E-state index contributed by atoms with van der Waals surface area (Å²) in [5.74, 6) is 4.69. The van der Waals surface area contributed by atoms with E-state index >= 15 is 0 Å². The zero-order valence-electron chi connectivity index (χ0n) is 7.14. The van der Waals surface area contributed by atoms with Gasteiger partial charge in [-0.05, 0) is 18.2 Å². The van der Waals surface area contributed by atoms with E-state index in [1.807, 2.05) is 0 Å². The molecule has 0 fully saturated rings. The number of carbonyl (C=O) groups is 1. The van der Waals surface area contributed by atoms with Gasteiger partial charge in [-0.15, -0.1) is 0 Å². The average Bonchev–Trinajstić information content (AvgIpc) is 2.43. The average molecular weight is 192 g/mol. The number of hydrogen-bond acceptors (Lipinski definition) is 4. The molecule has 6 heteroatoms. The van der Waals surface area contributed by atoms with Crippen LogP contribution in [0.5, 0.6) is 0 Å². The highest BCUT2D eigenvalue weighted by Gasteiger charge is 2.09. The number of fused-ring (bicyclic) bond motifs is 1. The largest absolute Gasteiger partial charge is 0.478 e. The number of carboxylic acids is 1. The number of rotatable bonds is 1. The Hall–Kier alpha value is -2.24. The molecule has 0 aliphatic heterocycles. The highest BCUT2D eigenvalue weighted by Crippen LogP contribution is 2.16. The van der Waals surface area contributed by atoms with Crippen LogP contribution in [0.15, 0.2) is 18.2 Å². The summed E-state index contributed by atoms with van der Waals surface area (Å²) in [7, 11) is 0. The maximum atomic E-state index is 10.7. The first-order valence-electron chi connectivity index (χ1n) is 3.86. The Morgan fingerprint density at radius 1 is 1.50 bits per heavy atom. The molecule has 0 aliphatic carbocycles. The van der Waals surface area contributed by atoms with Gasteiger partial charge >= 0.3 is 5.97 Å². The van der Waals surface area contributed by atoms with Crippen LogP contribution in [0.1, 0.15) is 10.4 Å². The normalized spacial score (nSPS) is 10.6. The fraction of sp³-hybridized carbons (Fsp3) is 0. The Kier molecular flexibility index (Phi) is 1.57. The molecule has 0 bridgehead atoms. The third-order valence-electron chi connectivity index (χ3n) is 1.96. The molecule has 1 heterocycles. The van der Waals surface area contributed by atoms with Gasteiger partial charge in [0.2, 0.25) is 5.95 Å². The molecule has 0 saturated carbocycles. The van der Waals surface area contributed by atoms with Crippen molar-refractivity contribution >= 4 is 23.0 Å². The molecule has 0 unspecified atom stereocenters. The highest BCUT2D eigenvalue weighted by molar-refractivity contribution is 5.92. The third-order valence-corrected chi connectivity index (χ3v) is 1.96. The van der Waals surface area contributed by atoms with Crippen molar-refractivity contribution in [3.05, 3.63) is 23.8 Å². The summed E-state index contributed by atoms with van der Waals surface area (Å²) < 4.78 is 1.15. The van der Waals surface area contributed by atoms with E-state index in [0.29, 0.717) is 11.0 Å². The minimum atomic E-state index is -1.01. The van der Waals surface area contributed by atoms with Crippen molar-refractivity contribution in [1.82, 2.24) is 9.66 Å². The number of aromatic carboxylic acids is 1. The van der Waals surface area contributed by atoms with Gasteiger partial charge in [-0.2, -0.15) is 0 Å². The van der Waals surface area contributed by atoms with E-state index in [1.165, 1.54) is 12.1 Å². The van der Waals surface area contributed by atoms with E-state index in [1.54, 1.807) is 6.07 Å². The Labute approximate surface area is 78.7 Å². The van der Waals surface area contributed by atoms with Crippen molar-refractivity contribution in [2.75, 3.05) is 11.6 Å². The number of anilines is 1. The topological polar surface area (TPSA) is 107 Å². The summed E-state index contributed by atoms with van der Waals surface area (Å²) in [6.07, 6.45) is 0. The molecule has 1 aromatic heterocycles. The van der Waals surface area contributed by atoms with Crippen LogP contribution in [-0.2, 0) is 0 Å². The molecule has 1 aromatic carbocycles. The van der Waals surface area contributed by atoms with Crippen LogP contribution in [0.4, 0.5) is 5.95 Å². The van der Waals surface area contributed by atoms with Crippen molar-refractivity contribution in [3.63, 3.8) is 0 Å². The first-order valence-corrected chi connectivity index (χ1v) is 3.86. The lowest BCUT2D eigenvalue weighted by atomic mass is 10.2. The second-order valence-corrected chi connectivity index (χ2v) is 2.85. The number of imidazole rings is 1. The number of carboxylic acid groups (broad SMARTS) is 1. The van der Waals surface area contributed by atoms with Crippen LogP contribution in [0.3, 0.4) is 0 Å². The van der Waals surface area contributed by atoms with Crippen LogP contribution in [0, 0.1) is 0 Å². The molecular formula is C8H8N4O2. The molecule has 0 spiro atoms. The maximum Gasteiger partial charge on any atom is 0.335 e. The van der Waals surface area contributed by atoms with Crippen LogP contribution in [0.25, 0.3) is 11.0 Å². The fourth-order valence-electron chi connectivity index (χ4n) is 1.24. The second-order valence-electron chi connectivity index (χ2n) is 2.85. The maximum absolute atomic E-state index is 10.7. The van der Waals surface area contributed by atoms with Crippen molar-refractivity contribution in [1.29, 1.82) is 0 Å². The number of benzene rings is 1. The number of aromatic nitrogens is 2. The van der Waals surface area contributed by atoms with Gasteiger partial charge in [-0.25, -0.2) is 14.5 Å². The fourth-order valence-corrected chi connectivity index (χ4v) is 1.24. The molecule has 5 N–H and O–H groups in total. The standard InChI is InChI=1S/C8H8N4O2/c9-8-11-5-2-1-4(7(13)14)3-6(5)12(8)10/h1-3H,10H2,(H2,9,11)(H,13,14). The van der Waals surface area contributed by atoms with Gasteiger partial charge in [0.25, 0.3) is 0 Å².